The molecule has 0 aliphatic carbocycles. The van der Waals surface area contributed by atoms with Crippen LogP contribution in [0.15, 0.2) is 115 Å². The van der Waals surface area contributed by atoms with E-state index in [0.717, 1.165) is 16.7 Å². The van der Waals surface area contributed by atoms with Crippen molar-refractivity contribution in [1.82, 2.24) is 15.2 Å². The van der Waals surface area contributed by atoms with Crippen molar-refractivity contribution >= 4 is 29.0 Å². The zero-order valence-corrected chi connectivity index (χ0v) is 24.2. The smallest absolute Gasteiger partial charge is 0.165 e. The molecule has 0 unspecified atom stereocenters. The molecule has 0 radical (unpaired) electrons. The number of nitrogens with one attached hydrogen (secondary N) is 1. The summed E-state index contributed by atoms with van der Waals surface area (Å²) in [6, 6.07) is 37.0. The van der Waals surface area contributed by atoms with E-state index in [4.69, 9.17) is 16.6 Å². The lowest BCUT2D eigenvalue weighted by atomic mass is 9.93. The zero-order valence-electron chi connectivity index (χ0n) is 23.5. The van der Waals surface area contributed by atoms with E-state index in [1.807, 2.05) is 78.9 Å². The summed E-state index contributed by atoms with van der Waals surface area (Å²) in [4.78, 5) is 18.2. The number of pyridine rings is 1. The van der Waals surface area contributed by atoms with E-state index in [2.05, 4.69) is 21.6 Å². The van der Waals surface area contributed by atoms with Crippen molar-refractivity contribution in [2.75, 3.05) is 5.32 Å². The molecule has 2 N–H and O–H groups in total. The lowest BCUT2D eigenvalue weighted by Crippen LogP contribution is -2.11. The Balaban J connectivity index is 1.59. The average molecular weight is 594 g/mol. The molecular formula is C36H24ClN5O2. The first-order valence-corrected chi connectivity index (χ1v) is 14.1. The molecule has 0 aliphatic heterocycles. The molecule has 2 heterocycles. The third-order valence-electron chi connectivity index (χ3n) is 7.12. The fourth-order valence-corrected chi connectivity index (χ4v) is 5.18. The van der Waals surface area contributed by atoms with Crippen molar-refractivity contribution in [3.63, 3.8) is 0 Å². The van der Waals surface area contributed by atoms with Gasteiger partial charge in [0.25, 0.3) is 0 Å². The second-order valence-corrected chi connectivity index (χ2v) is 10.4. The van der Waals surface area contributed by atoms with Crippen LogP contribution in [0.1, 0.15) is 22.8 Å². The van der Waals surface area contributed by atoms with E-state index in [9.17, 15) is 15.2 Å². The number of nitriles is 1. The van der Waals surface area contributed by atoms with Crippen LogP contribution in [0, 0.1) is 11.3 Å². The minimum Gasteiger partial charge on any atom is -0.508 e. The Labute approximate surface area is 259 Å². The third-order valence-corrected chi connectivity index (χ3v) is 7.37. The lowest BCUT2D eigenvalue weighted by Gasteiger charge is -2.18. The molecule has 6 aromatic rings. The number of anilines is 2. The van der Waals surface area contributed by atoms with Crippen LogP contribution >= 0.6 is 11.6 Å². The molecule has 0 bridgehead atoms. The Kier molecular flexibility index (Phi) is 7.83. The van der Waals surface area contributed by atoms with Gasteiger partial charge >= 0.3 is 0 Å². The van der Waals surface area contributed by atoms with E-state index >= 15 is 0 Å². The summed E-state index contributed by atoms with van der Waals surface area (Å²) in [5.41, 5.74) is 5.95. The third kappa shape index (κ3) is 5.62. The second-order valence-electron chi connectivity index (χ2n) is 10.0. The van der Waals surface area contributed by atoms with Crippen LogP contribution in [-0.4, -0.2) is 26.1 Å². The van der Waals surface area contributed by atoms with Gasteiger partial charge in [0.2, 0.25) is 0 Å². The molecule has 0 aliphatic rings. The monoisotopic (exact) mass is 593 g/mol. The highest BCUT2D eigenvalue weighted by Gasteiger charge is 2.24. The fourth-order valence-electron chi connectivity index (χ4n) is 5.05. The van der Waals surface area contributed by atoms with E-state index in [1.165, 1.54) is 6.92 Å². The van der Waals surface area contributed by atoms with Gasteiger partial charge in [0.1, 0.15) is 23.1 Å². The first-order valence-electron chi connectivity index (χ1n) is 13.7. The highest BCUT2D eigenvalue weighted by Crippen LogP contribution is 2.39. The number of Topliss-reactive ketones (excluding diaryl/α,β-unsaturated/α-hetero) is 1. The second kappa shape index (κ2) is 12.2. The molecule has 6 rings (SSSR count). The number of aromatic hydroxyl groups is 1. The van der Waals surface area contributed by atoms with Gasteiger partial charge in [0.05, 0.1) is 11.3 Å². The van der Waals surface area contributed by atoms with Gasteiger partial charge in [-0.2, -0.15) is 5.26 Å². The van der Waals surface area contributed by atoms with Crippen molar-refractivity contribution < 1.29 is 9.90 Å². The Bertz CT molecular complexity index is 2020. The van der Waals surface area contributed by atoms with Crippen molar-refractivity contribution in [1.29, 1.82) is 5.26 Å². The van der Waals surface area contributed by atoms with Crippen LogP contribution in [0.3, 0.4) is 0 Å². The van der Waals surface area contributed by atoms with Gasteiger partial charge in [-0.1, -0.05) is 84.4 Å². The van der Waals surface area contributed by atoms with Crippen molar-refractivity contribution in [2.24, 2.45) is 0 Å². The summed E-state index contributed by atoms with van der Waals surface area (Å²) in [5, 5.41) is 33.1. The molecule has 4 aromatic carbocycles. The number of hydrogen-bond donors (Lipinski definition) is 2. The molecule has 0 fully saturated rings. The number of phenols is 1. The van der Waals surface area contributed by atoms with Crippen molar-refractivity contribution in [3.05, 3.63) is 131 Å². The normalized spacial score (nSPS) is 10.7. The molecule has 0 saturated carbocycles. The maximum Gasteiger partial charge on any atom is 0.165 e. The van der Waals surface area contributed by atoms with Crippen LogP contribution in [0.4, 0.5) is 11.6 Å². The number of hydrogen-bond acceptors (Lipinski definition) is 7. The van der Waals surface area contributed by atoms with Crippen LogP contribution in [0.2, 0.25) is 5.02 Å². The predicted octanol–water partition coefficient (Wildman–Crippen LogP) is 8.72. The number of benzene rings is 4. The molecule has 0 atom stereocenters. The molecular weight excluding hydrogens is 570 g/mol. The van der Waals surface area contributed by atoms with E-state index in [1.54, 1.807) is 36.4 Å². The first kappa shape index (κ1) is 28.3. The molecule has 212 valence electrons. The highest BCUT2D eigenvalue weighted by atomic mass is 35.5. The van der Waals surface area contributed by atoms with Gasteiger partial charge in [-0.25, -0.2) is 4.98 Å². The molecule has 0 amide bonds. The maximum atomic E-state index is 13.4. The Hall–Kier alpha value is -5.84. The predicted molar refractivity (Wildman–Crippen MR) is 173 cm³/mol. The quantitative estimate of drug-likeness (QED) is 0.178. The number of halogens is 1. The summed E-state index contributed by atoms with van der Waals surface area (Å²) >= 11 is 6.16. The summed E-state index contributed by atoms with van der Waals surface area (Å²) in [6.07, 6.45) is 0. The standard InChI is InChI=1S/C36H24ClN5O2/c1-22(43)32-33(25-8-4-2-5-9-25)34(26-10-6-3-7-11-26)41-42-36(32)40-35-30(21-38)29(23-12-16-27(37)17-13-23)20-31(39-35)24-14-18-28(44)19-15-24/h2-20,44H,1H3,(H,39,40,42). The van der Waals surface area contributed by atoms with E-state index in [0.29, 0.717) is 38.7 Å². The van der Waals surface area contributed by atoms with Gasteiger partial charge in [0, 0.05) is 27.3 Å². The molecule has 0 spiro atoms. The molecule has 2 aromatic heterocycles. The maximum absolute atomic E-state index is 13.4. The van der Waals surface area contributed by atoms with Crippen LogP contribution in [-0.2, 0) is 0 Å². The summed E-state index contributed by atoms with van der Waals surface area (Å²) in [6.45, 7) is 1.48. The van der Waals surface area contributed by atoms with Crippen LogP contribution in [0.25, 0.3) is 44.8 Å². The number of phenolic OH excluding ortho intramolecular Hbond substituents is 1. The minimum absolute atomic E-state index is 0.118. The molecule has 7 nitrogen and oxygen atoms in total. The van der Waals surface area contributed by atoms with Gasteiger partial charge < -0.3 is 10.4 Å². The SMILES string of the molecule is CC(=O)c1c(Nc2nc(-c3ccc(O)cc3)cc(-c3ccc(Cl)cc3)c2C#N)nnc(-c2ccccc2)c1-c1ccccc1. The Morgan fingerprint density at radius 2 is 1.39 bits per heavy atom. The van der Waals surface area contributed by atoms with Gasteiger partial charge in [-0.15, -0.1) is 10.2 Å². The molecule has 8 heteroatoms. The van der Waals surface area contributed by atoms with E-state index in [-0.39, 0.29) is 28.7 Å². The molecule has 0 saturated heterocycles. The Morgan fingerprint density at radius 1 is 0.773 bits per heavy atom. The van der Waals surface area contributed by atoms with Crippen molar-refractivity contribution in [3.8, 4) is 56.6 Å². The van der Waals surface area contributed by atoms with Gasteiger partial charge in [-0.3, -0.25) is 4.79 Å². The number of carbonyl (C=O) groups is 1. The van der Waals surface area contributed by atoms with Crippen LogP contribution in [0.5, 0.6) is 5.75 Å². The zero-order chi connectivity index (χ0) is 30.6. The Morgan fingerprint density at radius 3 is 2.00 bits per heavy atom. The van der Waals surface area contributed by atoms with Gasteiger partial charge in [0.15, 0.2) is 17.4 Å². The minimum atomic E-state index is -0.232. The average Bonchev–Trinajstić information content (AvgIpc) is 3.05. The molecule has 44 heavy (non-hydrogen) atoms. The van der Waals surface area contributed by atoms with Crippen molar-refractivity contribution in [2.45, 2.75) is 6.92 Å². The van der Waals surface area contributed by atoms with Gasteiger partial charge in [-0.05, 0) is 60.5 Å². The lowest BCUT2D eigenvalue weighted by molar-refractivity contribution is 0.101. The first-order chi connectivity index (χ1) is 21.4. The van der Waals surface area contributed by atoms with E-state index < -0.39 is 0 Å². The summed E-state index contributed by atoms with van der Waals surface area (Å²) < 4.78 is 0. The fraction of sp³-hybridized carbons (Fsp3) is 0.0278. The van der Waals surface area contributed by atoms with Crippen LogP contribution < -0.4 is 5.32 Å². The topological polar surface area (TPSA) is 112 Å². The largest absolute Gasteiger partial charge is 0.508 e. The number of carbonyl (C=O) groups excluding carboxylic acids is 1. The number of nitrogens with zero attached hydrogens (tertiary/aromatic N) is 4. The number of ketones is 1. The number of rotatable bonds is 7. The summed E-state index contributed by atoms with van der Waals surface area (Å²) in [5.74, 6) is 0.257. The number of aromatic nitrogens is 3. The summed E-state index contributed by atoms with van der Waals surface area (Å²) in [7, 11) is 0. The highest BCUT2D eigenvalue weighted by molar-refractivity contribution is 6.30.